The Morgan fingerprint density at radius 3 is 1.88 bits per heavy atom. The number of likely N-dealkylation sites (tertiary alicyclic amines) is 1. The molecule has 0 N–H and O–H groups in total. The normalized spacial score (nSPS) is 53.8. The van der Waals surface area contributed by atoms with E-state index < -0.39 is 0 Å². The Morgan fingerprint density at radius 1 is 0.960 bits per heavy atom. The van der Waals surface area contributed by atoms with Crippen molar-refractivity contribution >= 4 is 11.8 Å². The van der Waals surface area contributed by atoms with Gasteiger partial charge >= 0.3 is 0 Å². The largest absolute Gasteiger partial charge is 0.373 e. The standard InChI is InChI=1S/C21H29NO3/c1-2-16(21-8-11-5-12(9-21)7-13(6-11)10-21)22-19(23)17-14-3-4-15(25-14)18(17)20(22)24/h11-18H,2-10H2,1H3/t11?,12?,13?,14-,15-,16-,17-,18-,21?/m0/s1. The van der Waals surface area contributed by atoms with Crippen LogP contribution in [0.5, 0.6) is 0 Å². The number of imide groups is 1. The number of hydrogen-bond donors (Lipinski definition) is 0. The fourth-order valence-electron chi connectivity index (χ4n) is 8.52. The Morgan fingerprint density at radius 2 is 1.44 bits per heavy atom. The maximum absolute atomic E-state index is 13.3. The van der Waals surface area contributed by atoms with Crippen molar-refractivity contribution in [2.24, 2.45) is 35.0 Å². The predicted molar refractivity (Wildman–Crippen MR) is 91.4 cm³/mol. The summed E-state index contributed by atoms with van der Waals surface area (Å²) in [5.41, 5.74) is 0.230. The zero-order chi connectivity index (χ0) is 16.9. The van der Waals surface area contributed by atoms with Crippen molar-refractivity contribution in [3.8, 4) is 0 Å². The zero-order valence-electron chi connectivity index (χ0n) is 15.2. The van der Waals surface area contributed by atoms with Gasteiger partial charge in [-0.25, -0.2) is 0 Å². The van der Waals surface area contributed by atoms with Crippen molar-refractivity contribution in [1.29, 1.82) is 0 Å². The second-order valence-electron chi connectivity index (χ2n) is 10.1. The molecule has 0 aromatic heterocycles. The van der Waals surface area contributed by atoms with E-state index in [-0.39, 0.29) is 47.3 Å². The number of rotatable bonds is 3. The van der Waals surface area contributed by atoms with Gasteiger partial charge in [0.05, 0.1) is 24.0 Å². The molecule has 3 aliphatic heterocycles. The summed E-state index contributed by atoms with van der Waals surface area (Å²) in [5.74, 6) is 2.48. The molecule has 4 heteroatoms. The first-order chi connectivity index (χ1) is 12.1. The van der Waals surface area contributed by atoms with Crippen LogP contribution in [0.25, 0.3) is 0 Å². The number of amides is 2. The number of fused-ring (bicyclic) bond motifs is 5. The van der Waals surface area contributed by atoms with Gasteiger partial charge in [-0.1, -0.05) is 6.92 Å². The number of nitrogens with zero attached hydrogens (tertiary/aromatic N) is 1. The first-order valence-electron chi connectivity index (χ1n) is 10.6. The first-order valence-corrected chi connectivity index (χ1v) is 10.6. The van der Waals surface area contributed by atoms with Gasteiger partial charge in [0.2, 0.25) is 11.8 Å². The lowest BCUT2D eigenvalue weighted by atomic mass is 9.47. The number of hydrogen-bond acceptors (Lipinski definition) is 3. The number of ether oxygens (including phenoxy) is 1. The highest BCUT2D eigenvalue weighted by atomic mass is 16.5. The molecule has 3 heterocycles. The van der Waals surface area contributed by atoms with Crippen molar-refractivity contribution in [3.05, 3.63) is 0 Å². The van der Waals surface area contributed by atoms with Gasteiger partial charge in [0.15, 0.2) is 0 Å². The van der Waals surface area contributed by atoms with Gasteiger partial charge in [-0.2, -0.15) is 0 Å². The predicted octanol–water partition coefficient (Wildman–Crippen LogP) is 3.14. The van der Waals surface area contributed by atoms with Gasteiger partial charge in [0.25, 0.3) is 0 Å². The minimum absolute atomic E-state index is 0.0188. The topological polar surface area (TPSA) is 46.6 Å². The first kappa shape index (κ1) is 15.2. The van der Waals surface area contributed by atoms with Crippen molar-refractivity contribution in [2.75, 3.05) is 0 Å². The van der Waals surface area contributed by atoms with Crippen LogP contribution in [0.4, 0.5) is 0 Å². The summed E-state index contributed by atoms with van der Waals surface area (Å²) in [7, 11) is 0. The van der Waals surface area contributed by atoms with E-state index in [0.717, 1.165) is 37.0 Å². The van der Waals surface area contributed by atoms with Crippen LogP contribution in [0.2, 0.25) is 0 Å². The smallest absolute Gasteiger partial charge is 0.236 e. The summed E-state index contributed by atoms with van der Waals surface area (Å²) >= 11 is 0. The molecular weight excluding hydrogens is 314 g/mol. The van der Waals surface area contributed by atoms with Gasteiger partial charge in [-0.05, 0) is 81.0 Å². The summed E-state index contributed by atoms with van der Waals surface area (Å²) in [6.45, 7) is 2.20. The van der Waals surface area contributed by atoms with E-state index in [4.69, 9.17) is 4.74 Å². The Bertz CT molecular complexity index is 580. The minimum atomic E-state index is -0.158. The third-order valence-electron chi connectivity index (χ3n) is 8.81. The molecular formula is C21H29NO3. The molecule has 25 heavy (non-hydrogen) atoms. The SMILES string of the molecule is CC[C@H](N1C(=O)[C@@H]2[C@@H](C1=O)[C@@H]1CC[C@@H]2O1)C12CC3CC(CC(C3)C1)C2. The van der Waals surface area contributed by atoms with Gasteiger partial charge in [-0.3, -0.25) is 14.5 Å². The van der Waals surface area contributed by atoms with Gasteiger partial charge < -0.3 is 4.74 Å². The van der Waals surface area contributed by atoms with Crippen LogP contribution in [0.3, 0.4) is 0 Å². The highest BCUT2D eigenvalue weighted by molar-refractivity contribution is 6.06. The van der Waals surface area contributed by atoms with Crippen LogP contribution >= 0.6 is 0 Å². The minimum Gasteiger partial charge on any atom is -0.373 e. The molecule has 4 saturated carbocycles. The highest BCUT2D eigenvalue weighted by Crippen LogP contribution is 2.63. The molecule has 0 radical (unpaired) electrons. The summed E-state index contributed by atoms with van der Waals surface area (Å²) in [5, 5.41) is 0. The summed E-state index contributed by atoms with van der Waals surface area (Å²) in [6.07, 6.45) is 10.9. The quantitative estimate of drug-likeness (QED) is 0.740. The van der Waals surface area contributed by atoms with Crippen LogP contribution in [-0.4, -0.2) is 35.0 Å². The Balaban J connectivity index is 1.36. The fourth-order valence-corrected chi connectivity index (χ4v) is 8.52. The molecule has 7 fully saturated rings. The second-order valence-corrected chi connectivity index (χ2v) is 10.1. The fraction of sp³-hybridized carbons (Fsp3) is 0.905. The molecule has 2 amide bonds. The molecule has 7 rings (SSSR count). The van der Waals surface area contributed by atoms with Crippen molar-refractivity contribution in [2.45, 2.75) is 83.0 Å². The molecule has 4 aliphatic carbocycles. The molecule has 0 unspecified atom stereocenters. The van der Waals surface area contributed by atoms with Crippen molar-refractivity contribution < 1.29 is 14.3 Å². The molecule has 0 spiro atoms. The molecule has 0 aromatic rings. The third kappa shape index (κ3) is 1.82. The van der Waals surface area contributed by atoms with E-state index in [1.807, 2.05) is 0 Å². The molecule has 5 atom stereocenters. The van der Waals surface area contributed by atoms with Crippen LogP contribution in [0.15, 0.2) is 0 Å². The Hall–Kier alpha value is -0.900. The zero-order valence-corrected chi connectivity index (χ0v) is 15.2. The summed E-state index contributed by atoms with van der Waals surface area (Å²) in [4.78, 5) is 28.4. The molecule has 7 aliphatic rings. The lowest BCUT2D eigenvalue weighted by Gasteiger charge is -2.60. The second kappa shape index (κ2) is 4.88. The molecule has 0 aromatic carbocycles. The number of carbonyl (C=O) groups excluding carboxylic acids is 2. The van der Waals surface area contributed by atoms with Crippen LogP contribution in [0.1, 0.15) is 64.7 Å². The Kier molecular flexibility index (Phi) is 2.96. The maximum atomic E-state index is 13.3. The van der Waals surface area contributed by atoms with E-state index in [0.29, 0.717) is 0 Å². The monoisotopic (exact) mass is 343 g/mol. The van der Waals surface area contributed by atoms with Crippen LogP contribution in [0, 0.1) is 35.0 Å². The van der Waals surface area contributed by atoms with E-state index >= 15 is 0 Å². The van der Waals surface area contributed by atoms with Gasteiger partial charge in [-0.15, -0.1) is 0 Å². The van der Waals surface area contributed by atoms with Crippen molar-refractivity contribution in [1.82, 2.24) is 4.90 Å². The average Bonchev–Trinajstić information content (AvgIpc) is 3.23. The maximum Gasteiger partial charge on any atom is 0.236 e. The third-order valence-corrected chi connectivity index (χ3v) is 8.81. The van der Waals surface area contributed by atoms with E-state index in [1.54, 1.807) is 4.90 Å². The highest BCUT2D eigenvalue weighted by Gasteiger charge is 2.65. The lowest BCUT2D eigenvalue weighted by Crippen LogP contribution is -2.58. The van der Waals surface area contributed by atoms with Crippen molar-refractivity contribution in [3.63, 3.8) is 0 Å². The average molecular weight is 343 g/mol. The molecule has 3 saturated heterocycles. The van der Waals surface area contributed by atoms with Crippen LogP contribution in [-0.2, 0) is 14.3 Å². The summed E-state index contributed by atoms with van der Waals surface area (Å²) in [6, 6.07) is 0.144. The van der Waals surface area contributed by atoms with E-state index in [2.05, 4.69) is 6.92 Å². The summed E-state index contributed by atoms with van der Waals surface area (Å²) < 4.78 is 5.92. The van der Waals surface area contributed by atoms with Gasteiger partial charge in [0.1, 0.15) is 0 Å². The lowest BCUT2D eigenvalue weighted by molar-refractivity contribution is -0.157. The number of carbonyl (C=O) groups is 2. The van der Waals surface area contributed by atoms with Gasteiger partial charge in [0, 0.05) is 6.04 Å². The van der Waals surface area contributed by atoms with Crippen LogP contribution < -0.4 is 0 Å². The molecule has 4 nitrogen and oxygen atoms in total. The van der Waals surface area contributed by atoms with E-state index in [1.165, 1.54) is 38.5 Å². The van der Waals surface area contributed by atoms with E-state index in [9.17, 15) is 9.59 Å². The molecule has 136 valence electrons. The Labute approximate surface area is 149 Å². The molecule has 6 bridgehead atoms.